The van der Waals surface area contributed by atoms with E-state index in [2.05, 4.69) is 42.5 Å². The first-order chi connectivity index (χ1) is 10.8. The molecule has 22 heavy (non-hydrogen) atoms. The SMILES string of the molecule is O=C1/C(=C\c2cccc3ccccc23)CCc2ccccc21. The van der Waals surface area contributed by atoms with E-state index in [4.69, 9.17) is 0 Å². The van der Waals surface area contributed by atoms with E-state index in [9.17, 15) is 4.79 Å². The molecule has 0 radical (unpaired) electrons. The zero-order valence-electron chi connectivity index (χ0n) is 12.3. The third-order valence-electron chi connectivity index (χ3n) is 4.37. The predicted molar refractivity (Wildman–Crippen MR) is 91.0 cm³/mol. The summed E-state index contributed by atoms with van der Waals surface area (Å²) in [6.07, 6.45) is 3.83. The average Bonchev–Trinajstić information content (AvgIpc) is 2.58. The molecule has 1 heteroatoms. The minimum atomic E-state index is 0.176. The summed E-state index contributed by atoms with van der Waals surface area (Å²) in [7, 11) is 0. The number of aryl methyl sites for hydroxylation is 1. The topological polar surface area (TPSA) is 17.1 Å². The molecule has 0 heterocycles. The quantitative estimate of drug-likeness (QED) is 0.571. The number of hydrogen-bond donors (Lipinski definition) is 0. The van der Waals surface area contributed by atoms with E-state index in [0.717, 1.165) is 29.5 Å². The van der Waals surface area contributed by atoms with Gasteiger partial charge < -0.3 is 0 Å². The fraction of sp³-hybridized carbons (Fsp3) is 0.0952. The van der Waals surface area contributed by atoms with Gasteiger partial charge in [-0.2, -0.15) is 0 Å². The zero-order chi connectivity index (χ0) is 14.9. The summed E-state index contributed by atoms with van der Waals surface area (Å²) < 4.78 is 0. The first-order valence-electron chi connectivity index (χ1n) is 7.64. The van der Waals surface area contributed by atoms with Gasteiger partial charge in [-0.1, -0.05) is 66.7 Å². The van der Waals surface area contributed by atoms with Gasteiger partial charge in [0.1, 0.15) is 0 Å². The molecule has 4 rings (SSSR count). The summed E-state index contributed by atoms with van der Waals surface area (Å²) >= 11 is 0. The molecule has 0 fully saturated rings. The minimum absolute atomic E-state index is 0.176. The molecular formula is C21H16O. The van der Waals surface area contributed by atoms with E-state index < -0.39 is 0 Å². The number of carbonyl (C=O) groups is 1. The smallest absolute Gasteiger partial charge is 0.189 e. The van der Waals surface area contributed by atoms with Crippen LogP contribution in [0, 0.1) is 0 Å². The van der Waals surface area contributed by atoms with Crippen molar-refractivity contribution in [2.24, 2.45) is 0 Å². The highest BCUT2D eigenvalue weighted by molar-refractivity contribution is 6.13. The van der Waals surface area contributed by atoms with Crippen LogP contribution in [0.25, 0.3) is 16.8 Å². The Bertz CT molecular complexity index is 897. The van der Waals surface area contributed by atoms with Crippen molar-refractivity contribution in [3.63, 3.8) is 0 Å². The highest BCUT2D eigenvalue weighted by Gasteiger charge is 2.21. The number of rotatable bonds is 1. The molecule has 0 N–H and O–H groups in total. The Labute approximate surface area is 129 Å². The van der Waals surface area contributed by atoms with Crippen LogP contribution in [0.15, 0.2) is 72.3 Å². The molecule has 0 aliphatic heterocycles. The Morgan fingerprint density at radius 3 is 2.50 bits per heavy atom. The Balaban J connectivity index is 1.82. The molecule has 0 saturated carbocycles. The first-order valence-corrected chi connectivity index (χ1v) is 7.64. The van der Waals surface area contributed by atoms with Crippen LogP contribution < -0.4 is 0 Å². The summed E-state index contributed by atoms with van der Waals surface area (Å²) in [6, 6.07) is 22.5. The summed E-state index contributed by atoms with van der Waals surface area (Å²) in [5.41, 5.74) is 4.07. The molecule has 1 aliphatic carbocycles. The van der Waals surface area contributed by atoms with E-state index in [1.54, 1.807) is 0 Å². The fourth-order valence-corrected chi connectivity index (χ4v) is 3.22. The third kappa shape index (κ3) is 2.15. The highest BCUT2D eigenvalue weighted by atomic mass is 16.1. The molecule has 0 unspecified atom stereocenters. The predicted octanol–water partition coefficient (Wildman–Crippen LogP) is 5.05. The zero-order valence-corrected chi connectivity index (χ0v) is 12.3. The minimum Gasteiger partial charge on any atom is -0.289 e. The molecule has 0 bridgehead atoms. The number of Topliss-reactive ketones (excluding diaryl/α,β-unsaturated/α-hetero) is 1. The van der Waals surface area contributed by atoms with Gasteiger partial charge in [-0.3, -0.25) is 4.79 Å². The van der Waals surface area contributed by atoms with Gasteiger partial charge in [-0.25, -0.2) is 0 Å². The maximum absolute atomic E-state index is 12.7. The van der Waals surface area contributed by atoms with Crippen molar-refractivity contribution in [2.75, 3.05) is 0 Å². The molecule has 106 valence electrons. The van der Waals surface area contributed by atoms with Gasteiger partial charge in [0.15, 0.2) is 5.78 Å². The van der Waals surface area contributed by atoms with Crippen LogP contribution in [0.2, 0.25) is 0 Å². The Hall–Kier alpha value is -2.67. The molecule has 3 aromatic carbocycles. The van der Waals surface area contributed by atoms with Crippen LogP contribution in [-0.4, -0.2) is 5.78 Å². The van der Waals surface area contributed by atoms with E-state index >= 15 is 0 Å². The van der Waals surface area contributed by atoms with Crippen molar-refractivity contribution in [1.82, 2.24) is 0 Å². The molecule has 1 aliphatic rings. The number of carbonyl (C=O) groups excluding carboxylic acids is 1. The van der Waals surface area contributed by atoms with Crippen molar-refractivity contribution < 1.29 is 4.79 Å². The van der Waals surface area contributed by atoms with Gasteiger partial charge in [0.2, 0.25) is 0 Å². The van der Waals surface area contributed by atoms with Crippen LogP contribution in [0.1, 0.15) is 27.9 Å². The molecule has 0 amide bonds. The van der Waals surface area contributed by atoms with Gasteiger partial charge in [-0.05, 0) is 40.8 Å². The maximum Gasteiger partial charge on any atom is 0.189 e. The highest BCUT2D eigenvalue weighted by Crippen LogP contribution is 2.28. The van der Waals surface area contributed by atoms with Crippen molar-refractivity contribution in [1.29, 1.82) is 0 Å². The number of fused-ring (bicyclic) bond motifs is 2. The van der Waals surface area contributed by atoms with Gasteiger partial charge in [0.05, 0.1) is 0 Å². The van der Waals surface area contributed by atoms with Gasteiger partial charge in [-0.15, -0.1) is 0 Å². The average molecular weight is 284 g/mol. The van der Waals surface area contributed by atoms with Crippen molar-refractivity contribution in [3.05, 3.63) is 89.0 Å². The summed E-state index contributed by atoms with van der Waals surface area (Å²) in [5, 5.41) is 2.41. The molecule has 0 spiro atoms. The normalized spacial score (nSPS) is 16.0. The lowest BCUT2D eigenvalue weighted by atomic mass is 9.86. The Morgan fingerprint density at radius 1 is 0.773 bits per heavy atom. The second-order valence-electron chi connectivity index (χ2n) is 5.72. The fourth-order valence-electron chi connectivity index (χ4n) is 3.22. The van der Waals surface area contributed by atoms with Gasteiger partial charge in [0.25, 0.3) is 0 Å². The maximum atomic E-state index is 12.7. The second-order valence-corrected chi connectivity index (χ2v) is 5.72. The summed E-state index contributed by atoms with van der Waals surface area (Å²) in [4.78, 5) is 12.7. The lowest BCUT2D eigenvalue weighted by molar-refractivity contribution is 0.102. The lowest BCUT2D eigenvalue weighted by Gasteiger charge is -2.17. The number of allylic oxidation sites excluding steroid dienone is 1. The third-order valence-corrected chi connectivity index (χ3v) is 4.37. The standard InChI is InChI=1S/C21H16O/c22-21-18(13-12-16-7-2-4-11-20(16)21)14-17-9-5-8-15-6-1-3-10-19(15)17/h1-11,14H,12-13H2/b18-14-. The van der Waals surface area contributed by atoms with E-state index in [0.29, 0.717) is 0 Å². The monoisotopic (exact) mass is 284 g/mol. The molecule has 1 nitrogen and oxygen atoms in total. The molecule has 3 aromatic rings. The van der Waals surface area contributed by atoms with E-state index in [1.165, 1.54) is 16.3 Å². The van der Waals surface area contributed by atoms with Crippen molar-refractivity contribution >= 4 is 22.6 Å². The number of ketones is 1. The van der Waals surface area contributed by atoms with E-state index in [1.807, 2.05) is 30.3 Å². The van der Waals surface area contributed by atoms with E-state index in [-0.39, 0.29) is 5.78 Å². The van der Waals surface area contributed by atoms with Crippen LogP contribution in [0.3, 0.4) is 0 Å². The van der Waals surface area contributed by atoms with Crippen molar-refractivity contribution in [3.8, 4) is 0 Å². The number of benzene rings is 3. The first kappa shape index (κ1) is 13.0. The van der Waals surface area contributed by atoms with Gasteiger partial charge >= 0.3 is 0 Å². The van der Waals surface area contributed by atoms with Crippen LogP contribution >= 0.6 is 0 Å². The molecular weight excluding hydrogens is 268 g/mol. The summed E-state index contributed by atoms with van der Waals surface area (Å²) in [6.45, 7) is 0. The molecule has 0 atom stereocenters. The molecule has 0 saturated heterocycles. The lowest BCUT2D eigenvalue weighted by Crippen LogP contribution is -2.13. The van der Waals surface area contributed by atoms with Gasteiger partial charge in [0, 0.05) is 11.1 Å². The molecule has 0 aromatic heterocycles. The Morgan fingerprint density at radius 2 is 1.55 bits per heavy atom. The van der Waals surface area contributed by atoms with Crippen molar-refractivity contribution in [2.45, 2.75) is 12.8 Å². The number of hydrogen-bond acceptors (Lipinski definition) is 1. The Kier molecular flexibility index (Phi) is 3.12. The second kappa shape index (κ2) is 5.27. The van der Waals surface area contributed by atoms with Crippen LogP contribution in [0.4, 0.5) is 0 Å². The summed E-state index contributed by atoms with van der Waals surface area (Å²) in [5.74, 6) is 0.176. The van der Waals surface area contributed by atoms with Crippen LogP contribution in [0.5, 0.6) is 0 Å². The largest absolute Gasteiger partial charge is 0.289 e. The van der Waals surface area contributed by atoms with Crippen LogP contribution in [-0.2, 0) is 6.42 Å².